The van der Waals surface area contributed by atoms with Crippen molar-refractivity contribution < 1.29 is 14.3 Å². The van der Waals surface area contributed by atoms with Crippen LogP contribution in [-0.2, 0) is 27.3 Å². The highest BCUT2D eigenvalue weighted by molar-refractivity contribution is 7.16. The number of thiophene rings is 1. The Morgan fingerprint density at radius 2 is 2.04 bits per heavy atom. The van der Waals surface area contributed by atoms with E-state index in [1.54, 1.807) is 11.4 Å². The largest absolute Gasteiger partial charge is 0.452 e. The second-order valence-electron chi connectivity index (χ2n) is 6.29. The minimum atomic E-state index is -0.891. The van der Waals surface area contributed by atoms with Crippen LogP contribution in [0.15, 0.2) is 52.9 Å². The van der Waals surface area contributed by atoms with E-state index >= 15 is 0 Å². The SMILES string of the molecule is CC(OC(=O)CCn1cnc2sccc2c1=O)C(=O)NCCc1ccccc1. The molecule has 0 aliphatic carbocycles. The van der Waals surface area contributed by atoms with Crippen LogP contribution in [0.1, 0.15) is 18.9 Å². The summed E-state index contributed by atoms with van der Waals surface area (Å²) in [5.74, 6) is -0.883. The van der Waals surface area contributed by atoms with Gasteiger partial charge in [0, 0.05) is 13.1 Å². The molecule has 1 aromatic carbocycles. The number of carbonyl (C=O) groups excluding carboxylic acids is 2. The number of esters is 1. The number of nitrogens with zero attached hydrogens (tertiary/aromatic N) is 2. The molecule has 0 aliphatic rings. The number of fused-ring (bicyclic) bond motifs is 1. The van der Waals surface area contributed by atoms with Gasteiger partial charge in [-0.05, 0) is 30.4 Å². The van der Waals surface area contributed by atoms with Gasteiger partial charge in [0.25, 0.3) is 11.5 Å². The quantitative estimate of drug-likeness (QED) is 0.586. The van der Waals surface area contributed by atoms with Gasteiger partial charge in [-0.1, -0.05) is 30.3 Å². The summed E-state index contributed by atoms with van der Waals surface area (Å²) in [5, 5.41) is 5.09. The molecule has 0 aliphatic heterocycles. The average molecular weight is 399 g/mol. The van der Waals surface area contributed by atoms with Gasteiger partial charge >= 0.3 is 5.97 Å². The molecule has 146 valence electrons. The Balaban J connectivity index is 1.43. The summed E-state index contributed by atoms with van der Waals surface area (Å²) >= 11 is 1.39. The average Bonchev–Trinajstić information content (AvgIpc) is 3.18. The third-order valence-electron chi connectivity index (χ3n) is 4.24. The summed E-state index contributed by atoms with van der Waals surface area (Å²) in [7, 11) is 0. The van der Waals surface area contributed by atoms with Crippen molar-refractivity contribution in [2.45, 2.75) is 32.4 Å². The van der Waals surface area contributed by atoms with E-state index in [1.807, 2.05) is 30.3 Å². The van der Waals surface area contributed by atoms with Crippen LogP contribution >= 0.6 is 11.3 Å². The number of hydrogen-bond acceptors (Lipinski definition) is 6. The van der Waals surface area contributed by atoms with Crippen molar-refractivity contribution in [3.05, 3.63) is 64.0 Å². The molecular formula is C20H21N3O4S. The Hall–Kier alpha value is -3.00. The van der Waals surface area contributed by atoms with Gasteiger partial charge in [0.1, 0.15) is 4.83 Å². The smallest absolute Gasteiger partial charge is 0.308 e. The molecule has 1 unspecified atom stereocenters. The van der Waals surface area contributed by atoms with Crippen molar-refractivity contribution >= 4 is 33.4 Å². The number of ether oxygens (including phenoxy) is 1. The third kappa shape index (κ3) is 5.04. The number of carbonyl (C=O) groups is 2. The van der Waals surface area contributed by atoms with Crippen LogP contribution in [0, 0.1) is 0 Å². The fourth-order valence-corrected chi connectivity index (χ4v) is 3.42. The van der Waals surface area contributed by atoms with E-state index in [9.17, 15) is 14.4 Å². The van der Waals surface area contributed by atoms with Gasteiger partial charge in [-0.25, -0.2) is 4.98 Å². The first kappa shape index (κ1) is 19.8. The van der Waals surface area contributed by atoms with Crippen molar-refractivity contribution in [3.8, 4) is 0 Å². The summed E-state index contributed by atoms with van der Waals surface area (Å²) in [6, 6.07) is 11.5. The van der Waals surface area contributed by atoms with Crippen LogP contribution in [0.25, 0.3) is 10.2 Å². The topological polar surface area (TPSA) is 90.3 Å². The molecule has 1 amide bonds. The van der Waals surface area contributed by atoms with Gasteiger partial charge < -0.3 is 10.1 Å². The van der Waals surface area contributed by atoms with Crippen molar-refractivity contribution in [2.24, 2.45) is 0 Å². The van der Waals surface area contributed by atoms with Gasteiger partial charge in [0.2, 0.25) is 0 Å². The van der Waals surface area contributed by atoms with E-state index in [0.29, 0.717) is 23.2 Å². The Bertz CT molecular complexity index is 1010. The number of rotatable bonds is 8. The van der Waals surface area contributed by atoms with Crippen molar-refractivity contribution in [1.82, 2.24) is 14.9 Å². The summed E-state index contributed by atoms with van der Waals surface area (Å²) in [4.78, 5) is 41.2. The predicted molar refractivity (Wildman–Crippen MR) is 107 cm³/mol. The lowest BCUT2D eigenvalue weighted by molar-refractivity contribution is -0.155. The van der Waals surface area contributed by atoms with E-state index in [1.165, 1.54) is 29.2 Å². The van der Waals surface area contributed by atoms with Crippen LogP contribution in [0.4, 0.5) is 0 Å². The Kier molecular flexibility index (Phi) is 6.54. The van der Waals surface area contributed by atoms with Gasteiger partial charge in [-0.2, -0.15) is 0 Å². The van der Waals surface area contributed by atoms with Crippen molar-refractivity contribution in [1.29, 1.82) is 0 Å². The molecule has 0 spiro atoms. The molecule has 1 atom stereocenters. The molecule has 0 saturated heterocycles. The molecule has 28 heavy (non-hydrogen) atoms. The van der Waals surface area contributed by atoms with Crippen molar-refractivity contribution in [2.75, 3.05) is 6.54 Å². The molecular weight excluding hydrogens is 378 g/mol. The normalized spacial score (nSPS) is 11.9. The van der Waals surface area contributed by atoms with E-state index in [0.717, 1.165) is 5.56 Å². The second kappa shape index (κ2) is 9.27. The highest BCUT2D eigenvalue weighted by atomic mass is 32.1. The lowest BCUT2D eigenvalue weighted by Crippen LogP contribution is -2.37. The molecule has 0 fully saturated rings. The van der Waals surface area contributed by atoms with E-state index in [4.69, 9.17) is 4.74 Å². The lowest BCUT2D eigenvalue weighted by Gasteiger charge is -2.14. The maximum absolute atomic E-state index is 12.3. The predicted octanol–water partition coefficient (Wildman–Crippen LogP) is 2.14. The molecule has 0 bridgehead atoms. The second-order valence-corrected chi connectivity index (χ2v) is 7.19. The van der Waals surface area contributed by atoms with Gasteiger partial charge in [-0.3, -0.25) is 19.0 Å². The monoisotopic (exact) mass is 399 g/mol. The maximum Gasteiger partial charge on any atom is 0.308 e. The number of benzene rings is 1. The molecule has 0 radical (unpaired) electrons. The zero-order chi connectivity index (χ0) is 19.9. The van der Waals surface area contributed by atoms with Crippen LogP contribution in [0.2, 0.25) is 0 Å². The summed E-state index contributed by atoms with van der Waals surface area (Å²) in [5.41, 5.74) is 0.930. The minimum Gasteiger partial charge on any atom is -0.452 e. The highest BCUT2D eigenvalue weighted by Crippen LogP contribution is 2.13. The van der Waals surface area contributed by atoms with Gasteiger partial charge in [0.15, 0.2) is 6.10 Å². The molecule has 1 N–H and O–H groups in total. The van der Waals surface area contributed by atoms with Gasteiger partial charge in [0.05, 0.1) is 18.1 Å². The zero-order valence-electron chi connectivity index (χ0n) is 15.5. The Labute approximate surface area is 166 Å². The van der Waals surface area contributed by atoms with E-state index in [2.05, 4.69) is 10.3 Å². The maximum atomic E-state index is 12.3. The lowest BCUT2D eigenvalue weighted by atomic mass is 10.1. The molecule has 3 rings (SSSR count). The number of aryl methyl sites for hydroxylation is 1. The molecule has 8 heteroatoms. The van der Waals surface area contributed by atoms with E-state index < -0.39 is 12.1 Å². The highest BCUT2D eigenvalue weighted by Gasteiger charge is 2.17. The fourth-order valence-electron chi connectivity index (χ4n) is 2.69. The third-order valence-corrected chi connectivity index (χ3v) is 5.06. The van der Waals surface area contributed by atoms with E-state index in [-0.39, 0.29) is 24.4 Å². The molecule has 3 aromatic rings. The molecule has 2 heterocycles. The number of amides is 1. The van der Waals surface area contributed by atoms with Crippen molar-refractivity contribution in [3.63, 3.8) is 0 Å². The first-order chi connectivity index (χ1) is 13.5. The van der Waals surface area contributed by atoms with Crippen LogP contribution < -0.4 is 10.9 Å². The Morgan fingerprint density at radius 3 is 2.82 bits per heavy atom. The standard InChI is InChI=1S/C20H21N3O4S/c1-14(18(25)21-10-7-15-5-3-2-4-6-15)27-17(24)8-11-23-13-22-19-16(20(23)26)9-12-28-19/h2-6,9,12-14H,7-8,10-11H2,1H3,(H,21,25). The summed E-state index contributed by atoms with van der Waals surface area (Å²) < 4.78 is 6.54. The number of hydrogen-bond donors (Lipinski definition) is 1. The molecule has 2 aromatic heterocycles. The Morgan fingerprint density at radius 1 is 1.25 bits per heavy atom. The molecule has 7 nitrogen and oxygen atoms in total. The summed E-state index contributed by atoms with van der Waals surface area (Å²) in [6.07, 6.45) is 1.22. The summed E-state index contributed by atoms with van der Waals surface area (Å²) in [6.45, 7) is 2.14. The van der Waals surface area contributed by atoms with Crippen LogP contribution in [0.3, 0.4) is 0 Å². The first-order valence-electron chi connectivity index (χ1n) is 8.98. The number of nitrogens with one attached hydrogen (secondary N) is 1. The minimum absolute atomic E-state index is 0.0150. The fraction of sp³-hybridized carbons (Fsp3) is 0.300. The van der Waals surface area contributed by atoms with Gasteiger partial charge in [-0.15, -0.1) is 11.3 Å². The number of aromatic nitrogens is 2. The van der Waals surface area contributed by atoms with Crippen LogP contribution in [-0.4, -0.2) is 34.1 Å². The molecule has 0 saturated carbocycles. The van der Waals surface area contributed by atoms with Crippen LogP contribution in [0.5, 0.6) is 0 Å². The zero-order valence-corrected chi connectivity index (χ0v) is 16.3. The first-order valence-corrected chi connectivity index (χ1v) is 9.86.